The first kappa shape index (κ1) is 15.3. The molecule has 0 fully saturated rings. The number of benzene rings is 2. The summed E-state index contributed by atoms with van der Waals surface area (Å²) >= 11 is 3.58. The first-order chi connectivity index (χ1) is 9.49. The van der Waals surface area contributed by atoms with Crippen LogP contribution < -0.4 is 5.73 Å². The van der Waals surface area contributed by atoms with Gasteiger partial charge < -0.3 is 5.73 Å². The Morgan fingerprint density at radius 3 is 2.50 bits per heavy atom. The van der Waals surface area contributed by atoms with Gasteiger partial charge in [0.25, 0.3) is 0 Å². The smallest absolute Gasteiger partial charge is 0.0554 e. The molecule has 0 aliphatic rings. The maximum Gasteiger partial charge on any atom is 0.0554 e. The summed E-state index contributed by atoms with van der Waals surface area (Å²) in [6.45, 7) is 6.59. The van der Waals surface area contributed by atoms with E-state index in [1.807, 2.05) is 6.07 Å². The molecule has 0 saturated heterocycles. The summed E-state index contributed by atoms with van der Waals surface area (Å²) in [5, 5.41) is 0. The minimum atomic E-state index is -0.0698. The van der Waals surface area contributed by atoms with Crippen LogP contribution in [0.3, 0.4) is 0 Å². The van der Waals surface area contributed by atoms with E-state index < -0.39 is 0 Å². The average molecular weight is 332 g/mol. The number of halogens is 1. The molecule has 0 heterocycles. The highest BCUT2D eigenvalue weighted by Gasteiger charge is 2.13. The van der Waals surface area contributed by atoms with Crippen LogP contribution in [0.15, 0.2) is 46.9 Å². The molecule has 0 amide bonds. The fraction of sp³-hybridized carbons (Fsp3) is 0.333. The third-order valence-electron chi connectivity index (χ3n) is 3.60. The van der Waals surface area contributed by atoms with E-state index in [4.69, 9.17) is 5.73 Å². The zero-order valence-electron chi connectivity index (χ0n) is 12.4. The molecule has 2 N–H and O–H groups in total. The predicted molar refractivity (Wildman–Crippen MR) is 89.9 cm³/mol. The number of rotatable bonds is 4. The summed E-state index contributed by atoms with van der Waals surface area (Å²) in [5.74, 6) is 0.661. The summed E-state index contributed by atoms with van der Waals surface area (Å²) in [6.07, 6.45) is 1.10. The van der Waals surface area contributed by atoms with E-state index >= 15 is 0 Å². The van der Waals surface area contributed by atoms with Crippen LogP contribution in [0.5, 0.6) is 0 Å². The molecule has 1 atom stereocenters. The van der Waals surface area contributed by atoms with Crippen molar-refractivity contribution in [2.75, 3.05) is 0 Å². The summed E-state index contributed by atoms with van der Waals surface area (Å²) in [4.78, 5) is 0. The second kappa shape index (κ2) is 6.55. The lowest BCUT2D eigenvalue weighted by Gasteiger charge is -2.17. The number of hydrogen-bond acceptors (Lipinski definition) is 1. The van der Waals surface area contributed by atoms with Gasteiger partial charge in [0.15, 0.2) is 0 Å². The molecule has 1 nitrogen and oxygen atoms in total. The molecule has 2 aromatic rings. The summed E-state index contributed by atoms with van der Waals surface area (Å²) < 4.78 is 1.11. The average Bonchev–Trinajstić information content (AvgIpc) is 2.41. The van der Waals surface area contributed by atoms with Crippen LogP contribution in [0.2, 0.25) is 0 Å². The van der Waals surface area contributed by atoms with Crippen molar-refractivity contribution in [2.45, 2.75) is 33.2 Å². The molecule has 106 valence electrons. The highest BCUT2D eigenvalue weighted by molar-refractivity contribution is 9.10. The molecule has 2 heteroatoms. The van der Waals surface area contributed by atoms with Crippen LogP contribution in [0.4, 0.5) is 0 Å². The predicted octanol–water partition coefficient (Wildman–Crippen LogP) is 5.00. The maximum atomic E-state index is 6.46. The third kappa shape index (κ3) is 3.50. The fourth-order valence-corrected chi connectivity index (χ4v) is 2.91. The zero-order valence-corrected chi connectivity index (χ0v) is 13.9. The Hall–Kier alpha value is -1.12. The van der Waals surface area contributed by atoms with Crippen molar-refractivity contribution in [3.63, 3.8) is 0 Å². The third-order valence-corrected chi connectivity index (χ3v) is 4.46. The number of hydrogen-bond donors (Lipinski definition) is 1. The molecule has 0 aliphatic heterocycles. The van der Waals surface area contributed by atoms with Crippen LogP contribution in [-0.2, 0) is 6.42 Å². The van der Waals surface area contributed by atoms with Gasteiger partial charge in [0, 0.05) is 4.47 Å². The monoisotopic (exact) mass is 331 g/mol. The van der Waals surface area contributed by atoms with Crippen molar-refractivity contribution in [2.24, 2.45) is 11.7 Å². The molecule has 0 bridgehead atoms. The van der Waals surface area contributed by atoms with Gasteiger partial charge in [0.1, 0.15) is 0 Å². The largest absolute Gasteiger partial charge is 0.320 e. The lowest BCUT2D eigenvalue weighted by molar-refractivity contribution is 0.646. The van der Waals surface area contributed by atoms with Gasteiger partial charge >= 0.3 is 0 Å². The molecule has 1 unspecified atom stereocenters. The second-order valence-electron chi connectivity index (χ2n) is 5.77. The molecule has 0 saturated carbocycles. The van der Waals surface area contributed by atoms with E-state index in [-0.39, 0.29) is 6.04 Å². The summed E-state index contributed by atoms with van der Waals surface area (Å²) in [5.41, 5.74) is 11.4. The van der Waals surface area contributed by atoms with Crippen molar-refractivity contribution < 1.29 is 0 Å². The molecule has 0 spiro atoms. The van der Waals surface area contributed by atoms with Crippen LogP contribution in [0.25, 0.3) is 0 Å². The highest BCUT2D eigenvalue weighted by atomic mass is 79.9. The van der Waals surface area contributed by atoms with Crippen LogP contribution in [0, 0.1) is 12.8 Å². The van der Waals surface area contributed by atoms with E-state index in [0.29, 0.717) is 5.92 Å². The van der Waals surface area contributed by atoms with E-state index in [0.717, 1.165) is 10.9 Å². The van der Waals surface area contributed by atoms with Gasteiger partial charge in [-0.2, -0.15) is 0 Å². The van der Waals surface area contributed by atoms with E-state index in [1.54, 1.807) is 0 Å². The lowest BCUT2D eigenvalue weighted by atomic mass is 9.93. The molecule has 2 aromatic carbocycles. The van der Waals surface area contributed by atoms with Gasteiger partial charge in [-0.05, 0) is 47.6 Å². The number of nitrogens with two attached hydrogens (primary N) is 1. The molecule has 2 rings (SSSR count). The van der Waals surface area contributed by atoms with Crippen LogP contribution in [-0.4, -0.2) is 0 Å². The normalized spacial score (nSPS) is 12.7. The molecular weight excluding hydrogens is 310 g/mol. The molecule has 0 radical (unpaired) electrons. The van der Waals surface area contributed by atoms with Crippen molar-refractivity contribution >= 4 is 15.9 Å². The second-order valence-corrected chi connectivity index (χ2v) is 6.63. The van der Waals surface area contributed by atoms with Crippen LogP contribution in [0.1, 0.15) is 42.1 Å². The Balaban J connectivity index is 2.33. The Bertz CT molecular complexity index is 590. The SMILES string of the molecule is Cc1c(Br)cccc1C(N)c1cccc(CC(C)C)c1. The van der Waals surface area contributed by atoms with Crippen molar-refractivity contribution in [3.8, 4) is 0 Å². The quantitative estimate of drug-likeness (QED) is 0.837. The van der Waals surface area contributed by atoms with Crippen LogP contribution >= 0.6 is 15.9 Å². The highest BCUT2D eigenvalue weighted by Crippen LogP contribution is 2.28. The van der Waals surface area contributed by atoms with E-state index in [1.165, 1.54) is 22.3 Å². The summed E-state index contributed by atoms with van der Waals surface area (Å²) in [6, 6.07) is 14.8. The van der Waals surface area contributed by atoms with Gasteiger partial charge in [-0.3, -0.25) is 0 Å². The maximum absolute atomic E-state index is 6.46. The van der Waals surface area contributed by atoms with E-state index in [9.17, 15) is 0 Å². The van der Waals surface area contributed by atoms with Gasteiger partial charge in [-0.25, -0.2) is 0 Å². The Morgan fingerprint density at radius 2 is 1.80 bits per heavy atom. The fourth-order valence-electron chi connectivity index (χ4n) is 2.53. The summed E-state index contributed by atoms with van der Waals surface area (Å²) in [7, 11) is 0. The molecule has 0 aromatic heterocycles. The van der Waals surface area contributed by atoms with Crippen molar-refractivity contribution in [1.82, 2.24) is 0 Å². The first-order valence-corrected chi connectivity index (χ1v) is 7.87. The minimum Gasteiger partial charge on any atom is -0.320 e. The van der Waals surface area contributed by atoms with Crippen molar-refractivity contribution in [1.29, 1.82) is 0 Å². The van der Waals surface area contributed by atoms with Gasteiger partial charge in [0.2, 0.25) is 0 Å². The van der Waals surface area contributed by atoms with Gasteiger partial charge in [0.05, 0.1) is 6.04 Å². The topological polar surface area (TPSA) is 26.0 Å². The molecule has 0 aliphatic carbocycles. The van der Waals surface area contributed by atoms with Crippen molar-refractivity contribution in [3.05, 3.63) is 69.2 Å². The molecular formula is C18H22BrN. The lowest BCUT2D eigenvalue weighted by Crippen LogP contribution is -2.14. The minimum absolute atomic E-state index is 0.0698. The van der Waals surface area contributed by atoms with E-state index in [2.05, 4.69) is 73.1 Å². The first-order valence-electron chi connectivity index (χ1n) is 7.08. The Labute approximate surface area is 130 Å². The van der Waals surface area contributed by atoms with Gasteiger partial charge in [-0.15, -0.1) is 0 Å². The van der Waals surface area contributed by atoms with Gasteiger partial charge in [-0.1, -0.05) is 66.2 Å². The standard InChI is InChI=1S/C18H22BrN/c1-12(2)10-14-6-4-7-15(11-14)18(20)16-8-5-9-17(19)13(16)3/h4-9,11-12,18H,10,20H2,1-3H3. The Kier molecular flexibility index (Phi) is 5.00. The Morgan fingerprint density at radius 1 is 1.10 bits per heavy atom. The molecule has 20 heavy (non-hydrogen) atoms. The zero-order chi connectivity index (χ0) is 14.7.